The van der Waals surface area contributed by atoms with E-state index in [0.717, 1.165) is 59.9 Å². The highest BCUT2D eigenvalue weighted by Crippen LogP contribution is 2.33. The predicted octanol–water partition coefficient (Wildman–Crippen LogP) is 4.98. The summed E-state index contributed by atoms with van der Waals surface area (Å²) in [6, 6.07) is 13.5. The molecular formula is C23H25N3O3S. The lowest BCUT2D eigenvalue weighted by molar-refractivity contribution is -0.131. The molecule has 0 spiro atoms. The molecule has 1 aromatic carbocycles. The van der Waals surface area contributed by atoms with Crippen molar-refractivity contribution in [2.75, 3.05) is 19.4 Å². The zero-order valence-electron chi connectivity index (χ0n) is 17.0. The Hall–Kier alpha value is -2.80. The van der Waals surface area contributed by atoms with Gasteiger partial charge in [0.15, 0.2) is 5.76 Å². The molecule has 0 unspecified atom stereocenters. The normalized spacial score (nSPS) is 16.8. The van der Waals surface area contributed by atoms with Gasteiger partial charge in [0.05, 0.1) is 18.9 Å². The van der Waals surface area contributed by atoms with Crippen molar-refractivity contribution < 1.29 is 14.1 Å². The zero-order valence-corrected chi connectivity index (χ0v) is 17.8. The lowest BCUT2D eigenvalue weighted by atomic mass is 10.1. The number of thioether (sulfide) groups is 1. The maximum Gasteiger partial charge on any atom is 0.233 e. The number of likely N-dealkylation sites (tertiary alicyclic amines) is 1. The van der Waals surface area contributed by atoms with Crippen molar-refractivity contribution in [2.45, 2.75) is 36.6 Å². The van der Waals surface area contributed by atoms with Crippen molar-refractivity contribution in [1.82, 2.24) is 15.0 Å². The van der Waals surface area contributed by atoms with E-state index in [1.54, 1.807) is 31.3 Å². The molecule has 30 heavy (non-hydrogen) atoms. The Morgan fingerprint density at radius 2 is 1.97 bits per heavy atom. The third-order valence-corrected chi connectivity index (χ3v) is 6.32. The quantitative estimate of drug-likeness (QED) is 0.521. The Bertz CT molecular complexity index is 959. The summed E-state index contributed by atoms with van der Waals surface area (Å²) in [6.07, 6.45) is 7.60. The van der Waals surface area contributed by atoms with Gasteiger partial charge < -0.3 is 14.2 Å². The van der Waals surface area contributed by atoms with E-state index < -0.39 is 0 Å². The Labute approximate surface area is 180 Å². The van der Waals surface area contributed by atoms with E-state index in [1.807, 2.05) is 47.4 Å². The van der Waals surface area contributed by atoms with E-state index in [0.29, 0.717) is 5.75 Å². The molecule has 1 aliphatic rings. The first-order valence-corrected chi connectivity index (χ1v) is 11.2. The van der Waals surface area contributed by atoms with Crippen molar-refractivity contribution >= 4 is 17.7 Å². The highest BCUT2D eigenvalue weighted by molar-refractivity contribution is 8.00. The summed E-state index contributed by atoms with van der Waals surface area (Å²) < 4.78 is 10.9. The Kier molecular flexibility index (Phi) is 6.69. The van der Waals surface area contributed by atoms with Crippen LogP contribution in [0.2, 0.25) is 0 Å². The summed E-state index contributed by atoms with van der Waals surface area (Å²) in [5, 5.41) is 4.27. The first-order valence-electron chi connectivity index (χ1n) is 10.2. The number of carbonyl (C=O) groups excluding carboxylic acids is 1. The molecule has 0 saturated carbocycles. The van der Waals surface area contributed by atoms with Gasteiger partial charge in [-0.1, -0.05) is 18.0 Å². The summed E-state index contributed by atoms with van der Waals surface area (Å²) in [5.74, 6) is 2.09. The summed E-state index contributed by atoms with van der Waals surface area (Å²) >= 11 is 1.54. The smallest absolute Gasteiger partial charge is 0.233 e. The van der Waals surface area contributed by atoms with Crippen LogP contribution in [-0.2, 0) is 4.79 Å². The van der Waals surface area contributed by atoms with Crippen molar-refractivity contribution in [1.29, 1.82) is 0 Å². The van der Waals surface area contributed by atoms with Crippen LogP contribution in [-0.4, -0.2) is 40.4 Å². The topological polar surface area (TPSA) is 68.5 Å². The highest BCUT2D eigenvalue weighted by atomic mass is 32.2. The van der Waals surface area contributed by atoms with Crippen LogP contribution in [0.4, 0.5) is 0 Å². The molecular weight excluding hydrogens is 398 g/mol. The fraction of sp³-hybridized carbons (Fsp3) is 0.348. The molecule has 1 saturated heterocycles. The number of hydrogen-bond donors (Lipinski definition) is 0. The molecule has 0 bridgehead atoms. The third kappa shape index (κ3) is 4.84. The number of pyridine rings is 1. The summed E-state index contributed by atoms with van der Waals surface area (Å²) in [5.41, 5.74) is 1.74. The van der Waals surface area contributed by atoms with Crippen LogP contribution in [0.5, 0.6) is 5.75 Å². The average molecular weight is 424 g/mol. The number of rotatable bonds is 6. The van der Waals surface area contributed by atoms with E-state index in [2.05, 4.69) is 10.1 Å². The second kappa shape index (κ2) is 9.80. The van der Waals surface area contributed by atoms with Crippen LogP contribution in [0.25, 0.3) is 11.3 Å². The Morgan fingerprint density at radius 3 is 2.73 bits per heavy atom. The maximum absolute atomic E-state index is 13.1. The first kappa shape index (κ1) is 20.5. The number of amides is 1. The molecule has 1 aliphatic heterocycles. The van der Waals surface area contributed by atoms with Gasteiger partial charge in [-0.15, -0.1) is 11.8 Å². The molecule has 3 aromatic rings. The monoisotopic (exact) mass is 423 g/mol. The summed E-state index contributed by atoms with van der Waals surface area (Å²) in [6.45, 7) is 0.749. The van der Waals surface area contributed by atoms with Crippen LogP contribution in [0, 0.1) is 0 Å². The number of benzene rings is 1. The number of ether oxygens (including phenoxy) is 1. The largest absolute Gasteiger partial charge is 0.497 e. The molecule has 1 fully saturated rings. The molecule has 0 N–H and O–H groups in total. The van der Waals surface area contributed by atoms with Crippen molar-refractivity contribution in [3.63, 3.8) is 0 Å². The van der Waals surface area contributed by atoms with E-state index in [9.17, 15) is 4.79 Å². The van der Waals surface area contributed by atoms with Gasteiger partial charge >= 0.3 is 0 Å². The second-order valence-electron chi connectivity index (χ2n) is 7.27. The molecule has 1 atom stereocenters. The van der Waals surface area contributed by atoms with E-state index in [-0.39, 0.29) is 11.9 Å². The van der Waals surface area contributed by atoms with Gasteiger partial charge in [-0.05, 0) is 49.2 Å². The number of methoxy groups -OCH3 is 1. The van der Waals surface area contributed by atoms with E-state index in [4.69, 9.17) is 9.26 Å². The molecule has 4 rings (SSSR count). The second-order valence-corrected chi connectivity index (χ2v) is 8.32. The van der Waals surface area contributed by atoms with Gasteiger partial charge in [0.1, 0.15) is 11.4 Å². The van der Waals surface area contributed by atoms with Gasteiger partial charge in [-0.3, -0.25) is 9.78 Å². The molecule has 0 radical (unpaired) electrons. The van der Waals surface area contributed by atoms with Crippen LogP contribution >= 0.6 is 11.8 Å². The average Bonchev–Trinajstić information content (AvgIpc) is 3.16. The van der Waals surface area contributed by atoms with Crippen molar-refractivity contribution in [2.24, 2.45) is 0 Å². The fourth-order valence-corrected chi connectivity index (χ4v) is 4.48. The van der Waals surface area contributed by atoms with E-state index >= 15 is 0 Å². The molecule has 1 amide bonds. The lowest BCUT2D eigenvalue weighted by Gasteiger charge is -2.28. The zero-order chi connectivity index (χ0) is 20.8. The number of carbonyl (C=O) groups is 1. The van der Waals surface area contributed by atoms with Crippen LogP contribution in [0.3, 0.4) is 0 Å². The predicted molar refractivity (Wildman–Crippen MR) is 116 cm³/mol. The van der Waals surface area contributed by atoms with Crippen molar-refractivity contribution in [3.8, 4) is 17.0 Å². The van der Waals surface area contributed by atoms with Gasteiger partial charge in [0, 0.05) is 35.5 Å². The number of aromatic nitrogens is 2. The molecule has 0 aliphatic carbocycles. The minimum atomic E-state index is -0.0717. The van der Waals surface area contributed by atoms with Gasteiger partial charge in [0.2, 0.25) is 5.91 Å². The molecule has 2 aromatic heterocycles. The highest BCUT2D eigenvalue weighted by Gasteiger charge is 2.29. The SMILES string of the molecule is COc1ccc(-c2cc([C@H]3CCCCCN3C(=O)CSc3ccncc3)on2)cc1. The molecule has 3 heterocycles. The standard InChI is InChI=1S/C23H25N3O3S/c1-28-18-8-6-17(7-9-18)20-15-22(29-25-20)21-5-3-2-4-14-26(21)23(27)16-30-19-10-12-24-13-11-19/h6-13,15,21H,2-5,14,16H2,1H3/t21-/m1/s1. The molecule has 156 valence electrons. The third-order valence-electron chi connectivity index (χ3n) is 5.33. The van der Waals surface area contributed by atoms with E-state index in [1.165, 1.54) is 0 Å². The van der Waals surface area contributed by atoms with Crippen LogP contribution in [0.15, 0.2) is 64.3 Å². The lowest BCUT2D eigenvalue weighted by Crippen LogP contribution is -2.35. The first-order chi connectivity index (χ1) is 14.7. The minimum absolute atomic E-state index is 0.0717. The van der Waals surface area contributed by atoms with Gasteiger partial charge in [0.25, 0.3) is 0 Å². The van der Waals surface area contributed by atoms with Crippen LogP contribution < -0.4 is 4.74 Å². The fourth-order valence-electron chi connectivity index (χ4n) is 3.71. The van der Waals surface area contributed by atoms with Crippen LogP contribution in [0.1, 0.15) is 37.5 Å². The molecule has 6 nitrogen and oxygen atoms in total. The Balaban J connectivity index is 1.50. The van der Waals surface area contributed by atoms with Gasteiger partial charge in [-0.25, -0.2) is 0 Å². The summed E-state index contributed by atoms with van der Waals surface area (Å²) in [4.78, 5) is 20.1. The summed E-state index contributed by atoms with van der Waals surface area (Å²) in [7, 11) is 1.65. The van der Waals surface area contributed by atoms with Gasteiger partial charge in [-0.2, -0.15) is 0 Å². The minimum Gasteiger partial charge on any atom is -0.497 e. The molecule has 7 heteroatoms. The maximum atomic E-state index is 13.1. The van der Waals surface area contributed by atoms with Crippen molar-refractivity contribution in [3.05, 3.63) is 60.6 Å². The Morgan fingerprint density at radius 1 is 1.17 bits per heavy atom. The number of nitrogens with zero attached hydrogens (tertiary/aromatic N) is 3. The number of hydrogen-bond acceptors (Lipinski definition) is 6.